The second-order valence-electron chi connectivity index (χ2n) is 6.82. The molecule has 1 unspecified atom stereocenters. The number of benzene rings is 1. The molecule has 7 heteroatoms. The molecule has 0 bridgehead atoms. The van der Waals surface area contributed by atoms with Crippen LogP contribution in [0.25, 0.3) is 11.5 Å². The first-order valence-corrected chi connectivity index (χ1v) is 9.08. The lowest BCUT2D eigenvalue weighted by Gasteiger charge is -2.17. The van der Waals surface area contributed by atoms with Gasteiger partial charge in [-0.2, -0.15) is 0 Å². The first-order valence-electron chi connectivity index (χ1n) is 9.08. The highest BCUT2D eigenvalue weighted by Gasteiger charge is 2.22. The molecule has 0 aliphatic heterocycles. The van der Waals surface area contributed by atoms with Crippen LogP contribution in [0.2, 0.25) is 0 Å². The Morgan fingerprint density at radius 1 is 1.18 bits per heavy atom. The summed E-state index contributed by atoms with van der Waals surface area (Å²) in [6.07, 6.45) is 2.73. The molecular weight excluding hydrogens is 360 g/mol. The number of hydrogen-bond acceptors (Lipinski definition) is 6. The number of amides is 1. The Bertz CT molecular complexity index is 915. The molecule has 3 rings (SSSR count). The van der Waals surface area contributed by atoms with Crippen molar-refractivity contribution in [3.8, 4) is 23.0 Å². The standard InChI is InChI=1S/C21H24N2O5/c1-13(2)11-27-16-8-7-15(10-18(16)25-4)14(3)23-21(24)19-20(28-12-22-19)17-6-5-9-26-17/h5-10,12-14H,11H2,1-4H3,(H,23,24). The molecule has 2 aromatic heterocycles. The molecule has 0 fully saturated rings. The molecule has 0 saturated heterocycles. The quantitative estimate of drug-likeness (QED) is 0.617. The highest BCUT2D eigenvalue weighted by Crippen LogP contribution is 2.31. The molecular formula is C21H24N2O5. The lowest BCUT2D eigenvalue weighted by Crippen LogP contribution is -2.27. The third-order valence-electron chi connectivity index (χ3n) is 4.13. The van der Waals surface area contributed by atoms with Gasteiger partial charge in [0.15, 0.2) is 29.3 Å². The van der Waals surface area contributed by atoms with Crippen LogP contribution in [0, 0.1) is 5.92 Å². The van der Waals surface area contributed by atoms with Gasteiger partial charge in [0.05, 0.1) is 26.0 Å². The van der Waals surface area contributed by atoms with Gasteiger partial charge in [-0.25, -0.2) is 4.98 Å². The van der Waals surface area contributed by atoms with E-state index in [0.29, 0.717) is 35.5 Å². The minimum Gasteiger partial charge on any atom is -0.493 e. The summed E-state index contributed by atoms with van der Waals surface area (Å²) in [6, 6.07) is 8.76. The largest absolute Gasteiger partial charge is 0.493 e. The normalized spacial score (nSPS) is 12.0. The molecule has 1 amide bonds. The van der Waals surface area contributed by atoms with Crippen molar-refractivity contribution in [2.75, 3.05) is 13.7 Å². The molecule has 0 radical (unpaired) electrons. The van der Waals surface area contributed by atoms with Crippen molar-refractivity contribution < 1.29 is 23.1 Å². The van der Waals surface area contributed by atoms with E-state index in [0.717, 1.165) is 5.56 Å². The average molecular weight is 384 g/mol. The molecule has 1 aromatic carbocycles. The lowest BCUT2D eigenvalue weighted by molar-refractivity contribution is 0.0935. The Labute approximate surface area is 163 Å². The Morgan fingerprint density at radius 3 is 2.68 bits per heavy atom. The molecule has 0 saturated carbocycles. The van der Waals surface area contributed by atoms with E-state index < -0.39 is 0 Å². The van der Waals surface area contributed by atoms with Crippen molar-refractivity contribution in [1.82, 2.24) is 10.3 Å². The van der Waals surface area contributed by atoms with E-state index in [-0.39, 0.29) is 17.6 Å². The van der Waals surface area contributed by atoms with Gasteiger partial charge in [0.1, 0.15) is 0 Å². The third kappa shape index (κ3) is 4.36. The lowest BCUT2D eigenvalue weighted by atomic mass is 10.1. The third-order valence-corrected chi connectivity index (χ3v) is 4.13. The van der Waals surface area contributed by atoms with Gasteiger partial charge >= 0.3 is 0 Å². The van der Waals surface area contributed by atoms with Gasteiger partial charge in [0, 0.05) is 0 Å². The minimum absolute atomic E-state index is 0.172. The van der Waals surface area contributed by atoms with E-state index in [2.05, 4.69) is 24.1 Å². The molecule has 1 N–H and O–H groups in total. The average Bonchev–Trinajstić information content (AvgIpc) is 3.37. The summed E-state index contributed by atoms with van der Waals surface area (Å²) < 4.78 is 21.8. The summed E-state index contributed by atoms with van der Waals surface area (Å²) in [5, 5.41) is 2.92. The van der Waals surface area contributed by atoms with Gasteiger partial charge in [-0.1, -0.05) is 19.9 Å². The summed E-state index contributed by atoms with van der Waals surface area (Å²) in [7, 11) is 1.59. The molecule has 0 aliphatic carbocycles. The van der Waals surface area contributed by atoms with Crippen LogP contribution in [0.3, 0.4) is 0 Å². The molecule has 1 atom stereocenters. The highest BCUT2D eigenvalue weighted by molar-refractivity contribution is 5.97. The molecule has 148 valence electrons. The van der Waals surface area contributed by atoms with E-state index in [1.165, 1.54) is 12.7 Å². The monoisotopic (exact) mass is 384 g/mol. The molecule has 3 aromatic rings. The van der Waals surface area contributed by atoms with Gasteiger partial charge in [-0.3, -0.25) is 4.79 Å². The van der Waals surface area contributed by atoms with Crippen molar-refractivity contribution >= 4 is 5.91 Å². The van der Waals surface area contributed by atoms with E-state index >= 15 is 0 Å². The van der Waals surface area contributed by atoms with Crippen LogP contribution < -0.4 is 14.8 Å². The van der Waals surface area contributed by atoms with Crippen LogP contribution in [0.1, 0.15) is 42.9 Å². The van der Waals surface area contributed by atoms with Crippen LogP contribution in [0.15, 0.2) is 51.8 Å². The van der Waals surface area contributed by atoms with Crippen molar-refractivity contribution in [2.45, 2.75) is 26.8 Å². The zero-order valence-electron chi connectivity index (χ0n) is 16.4. The number of hydrogen-bond donors (Lipinski definition) is 1. The number of nitrogens with zero attached hydrogens (tertiary/aromatic N) is 1. The molecule has 2 heterocycles. The minimum atomic E-state index is -0.355. The fraction of sp³-hybridized carbons (Fsp3) is 0.333. The number of ether oxygens (including phenoxy) is 2. The van der Waals surface area contributed by atoms with Crippen LogP contribution in [0.5, 0.6) is 11.5 Å². The van der Waals surface area contributed by atoms with Crippen molar-refractivity contribution in [1.29, 1.82) is 0 Å². The predicted molar refractivity (Wildman–Crippen MR) is 103 cm³/mol. The van der Waals surface area contributed by atoms with Gasteiger partial charge in [-0.15, -0.1) is 0 Å². The Balaban J connectivity index is 1.73. The van der Waals surface area contributed by atoms with E-state index in [1.807, 2.05) is 25.1 Å². The molecule has 7 nitrogen and oxygen atoms in total. The second kappa shape index (κ2) is 8.65. The number of carbonyl (C=O) groups excluding carboxylic acids is 1. The first-order chi connectivity index (χ1) is 13.5. The zero-order valence-corrected chi connectivity index (χ0v) is 16.4. The summed E-state index contributed by atoms with van der Waals surface area (Å²) in [5.41, 5.74) is 1.05. The summed E-state index contributed by atoms with van der Waals surface area (Å²) >= 11 is 0. The number of methoxy groups -OCH3 is 1. The topological polar surface area (TPSA) is 86.7 Å². The maximum atomic E-state index is 12.7. The maximum Gasteiger partial charge on any atom is 0.274 e. The summed E-state index contributed by atoms with van der Waals surface area (Å²) in [4.78, 5) is 16.7. The van der Waals surface area contributed by atoms with Gasteiger partial charge in [0.25, 0.3) is 5.91 Å². The zero-order chi connectivity index (χ0) is 20.1. The van der Waals surface area contributed by atoms with E-state index in [9.17, 15) is 4.79 Å². The van der Waals surface area contributed by atoms with Crippen LogP contribution >= 0.6 is 0 Å². The van der Waals surface area contributed by atoms with Crippen LogP contribution in [0.4, 0.5) is 0 Å². The van der Waals surface area contributed by atoms with Crippen molar-refractivity contribution in [3.05, 3.63) is 54.2 Å². The number of rotatable bonds is 8. The van der Waals surface area contributed by atoms with Crippen molar-refractivity contribution in [2.24, 2.45) is 5.92 Å². The number of nitrogens with one attached hydrogen (secondary N) is 1. The number of oxazole rings is 1. The molecule has 0 aliphatic rings. The van der Waals surface area contributed by atoms with Crippen molar-refractivity contribution in [3.63, 3.8) is 0 Å². The van der Waals surface area contributed by atoms with Crippen LogP contribution in [-0.2, 0) is 0 Å². The second-order valence-corrected chi connectivity index (χ2v) is 6.82. The number of aromatic nitrogens is 1. The Hall–Kier alpha value is -3.22. The van der Waals surface area contributed by atoms with E-state index in [1.54, 1.807) is 19.2 Å². The summed E-state index contributed by atoms with van der Waals surface area (Å²) in [5.74, 6) is 2.10. The fourth-order valence-corrected chi connectivity index (χ4v) is 2.67. The van der Waals surface area contributed by atoms with Gasteiger partial charge in [-0.05, 0) is 42.7 Å². The maximum absolute atomic E-state index is 12.7. The van der Waals surface area contributed by atoms with Gasteiger partial charge < -0.3 is 23.6 Å². The molecule has 28 heavy (non-hydrogen) atoms. The predicted octanol–water partition coefficient (Wildman–Crippen LogP) is 4.47. The smallest absolute Gasteiger partial charge is 0.274 e. The Morgan fingerprint density at radius 2 is 2.00 bits per heavy atom. The molecule has 0 spiro atoms. The SMILES string of the molecule is COc1cc(C(C)NC(=O)c2ncoc2-c2ccco2)ccc1OCC(C)C. The number of carbonyl (C=O) groups is 1. The van der Waals surface area contributed by atoms with E-state index in [4.69, 9.17) is 18.3 Å². The fourth-order valence-electron chi connectivity index (χ4n) is 2.67. The highest BCUT2D eigenvalue weighted by atomic mass is 16.5. The summed E-state index contributed by atoms with van der Waals surface area (Å²) in [6.45, 7) is 6.65. The Kier molecular flexibility index (Phi) is 6.03. The van der Waals surface area contributed by atoms with Gasteiger partial charge in [0.2, 0.25) is 5.76 Å². The first kappa shape index (κ1) is 19.5. The number of furan rings is 1. The van der Waals surface area contributed by atoms with Crippen LogP contribution in [-0.4, -0.2) is 24.6 Å².